The maximum Gasteiger partial charge on any atom is 0.247 e. The Bertz CT molecular complexity index is 1030. The van der Waals surface area contributed by atoms with Crippen molar-refractivity contribution in [1.29, 1.82) is 0 Å². The molecule has 0 atom stereocenters. The minimum atomic E-state index is -0.168. The second kappa shape index (κ2) is 9.93. The van der Waals surface area contributed by atoms with Crippen LogP contribution in [-0.4, -0.2) is 41.7 Å². The zero-order chi connectivity index (χ0) is 21.5. The maximum absolute atomic E-state index is 12.6. The maximum atomic E-state index is 12.6. The molecule has 0 saturated carbocycles. The number of halogens is 1. The molecule has 30 heavy (non-hydrogen) atoms. The molecule has 0 aliphatic carbocycles. The minimum Gasteiger partial charge on any atom is -0.493 e. The third-order valence-corrected chi connectivity index (χ3v) is 4.67. The van der Waals surface area contributed by atoms with Crippen LogP contribution in [0.5, 0.6) is 11.5 Å². The molecule has 1 amide bonds. The van der Waals surface area contributed by atoms with Crippen LogP contribution in [0.2, 0.25) is 5.02 Å². The third kappa shape index (κ3) is 5.18. The van der Waals surface area contributed by atoms with Crippen LogP contribution in [0, 0.1) is 0 Å². The Morgan fingerprint density at radius 1 is 1.13 bits per heavy atom. The quantitative estimate of drug-likeness (QED) is 0.493. The lowest BCUT2D eigenvalue weighted by Gasteiger charge is -2.16. The second-order valence-corrected chi connectivity index (χ2v) is 6.76. The first-order valence-corrected chi connectivity index (χ1v) is 9.69. The number of benzene rings is 2. The van der Waals surface area contributed by atoms with Crippen molar-refractivity contribution in [3.63, 3.8) is 0 Å². The van der Waals surface area contributed by atoms with Gasteiger partial charge in [-0.3, -0.25) is 4.79 Å². The molecule has 0 radical (unpaired) electrons. The first-order valence-electron chi connectivity index (χ1n) is 9.31. The van der Waals surface area contributed by atoms with E-state index >= 15 is 0 Å². The monoisotopic (exact) mass is 427 g/mol. The first kappa shape index (κ1) is 21.4. The van der Waals surface area contributed by atoms with Gasteiger partial charge >= 0.3 is 0 Å². The number of likely N-dealkylation sites (N-methyl/N-ethyl adjacent to an activating group) is 1. The summed E-state index contributed by atoms with van der Waals surface area (Å²) < 4.78 is 15.8. The van der Waals surface area contributed by atoms with E-state index < -0.39 is 0 Å². The number of rotatable bonds is 8. The number of nitrogens with zero attached hydrogens (tertiary/aromatic N) is 3. The van der Waals surface area contributed by atoms with Gasteiger partial charge in [-0.15, -0.1) is 0 Å². The second-order valence-electron chi connectivity index (χ2n) is 6.32. The molecule has 0 saturated heterocycles. The summed E-state index contributed by atoms with van der Waals surface area (Å²) in [6.45, 7) is 2.60. The topological polar surface area (TPSA) is 77.7 Å². The Labute approximate surface area is 179 Å². The lowest BCUT2D eigenvalue weighted by atomic mass is 10.2. The highest BCUT2D eigenvalue weighted by Crippen LogP contribution is 2.28. The SMILES string of the molecule is CCN(Cc1nc(-c2ccc(Cl)cc2)no1)C(=O)C=Cc1ccc(OC)c(OC)c1. The van der Waals surface area contributed by atoms with E-state index in [1.165, 1.54) is 6.08 Å². The standard InChI is InChI=1S/C22H22ClN3O4/c1-4-26(14-20-24-22(25-30-20)16-7-9-17(23)10-8-16)21(27)12-6-15-5-11-18(28-2)19(13-15)29-3/h5-13H,4,14H2,1-3H3. The lowest BCUT2D eigenvalue weighted by Crippen LogP contribution is -2.28. The summed E-state index contributed by atoms with van der Waals surface area (Å²) in [6, 6.07) is 12.6. The molecule has 0 fully saturated rings. The van der Waals surface area contributed by atoms with Crippen molar-refractivity contribution in [3.8, 4) is 22.9 Å². The van der Waals surface area contributed by atoms with Crippen molar-refractivity contribution in [3.05, 3.63) is 65.0 Å². The van der Waals surface area contributed by atoms with E-state index in [2.05, 4.69) is 10.1 Å². The highest BCUT2D eigenvalue weighted by Gasteiger charge is 2.15. The van der Waals surface area contributed by atoms with Crippen LogP contribution in [0.3, 0.4) is 0 Å². The van der Waals surface area contributed by atoms with E-state index in [0.29, 0.717) is 34.8 Å². The van der Waals surface area contributed by atoms with Gasteiger partial charge in [0, 0.05) is 23.2 Å². The molecule has 2 aromatic carbocycles. The van der Waals surface area contributed by atoms with E-state index in [1.54, 1.807) is 49.5 Å². The van der Waals surface area contributed by atoms with Gasteiger partial charge in [-0.25, -0.2) is 0 Å². The van der Waals surface area contributed by atoms with Crippen LogP contribution in [0.4, 0.5) is 0 Å². The number of methoxy groups -OCH3 is 2. The Morgan fingerprint density at radius 3 is 2.53 bits per heavy atom. The van der Waals surface area contributed by atoms with Crippen molar-refractivity contribution in [1.82, 2.24) is 15.0 Å². The number of ether oxygens (including phenoxy) is 2. The molecule has 3 rings (SSSR count). The van der Waals surface area contributed by atoms with Gasteiger partial charge < -0.3 is 18.9 Å². The van der Waals surface area contributed by atoms with Gasteiger partial charge in [0.2, 0.25) is 17.6 Å². The molecule has 1 aromatic heterocycles. The predicted molar refractivity (Wildman–Crippen MR) is 114 cm³/mol. The molecule has 156 valence electrons. The fourth-order valence-corrected chi connectivity index (χ4v) is 2.90. The number of carbonyl (C=O) groups excluding carboxylic acids is 1. The fraction of sp³-hybridized carbons (Fsp3) is 0.227. The molecule has 0 aliphatic rings. The van der Waals surface area contributed by atoms with Crippen molar-refractivity contribution >= 4 is 23.6 Å². The fourth-order valence-electron chi connectivity index (χ4n) is 2.77. The zero-order valence-electron chi connectivity index (χ0n) is 17.0. The lowest BCUT2D eigenvalue weighted by molar-refractivity contribution is -0.126. The Kier molecular flexibility index (Phi) is 7.08. The molecule has 0 bridgehead atoms. The van der Waals surface area contributed by atoms with Gasteiger partial charge in [0.1, 0.15) is 6.54 Å². The summed E-state index contributed by atoms with van der Waals surface area (Å²) in [7, 11) is 3.14. The van der Waals surface area contributed by atoms with Crippen LogP contribution >= 0.6 is 11.6 Å². The number of amides is 1. The summed E-state index contributed by atoms with van der Waals surface area (Å²) in [6.07, 6.45) is 3.22. The van der Waals surface area contributed by atoms with Gasteiger partial charge in [0.25, 0.3) is 0 Å². The molecular weight excluding hydrogens is 406 g/mol. The summed E-state index contributed by atoms with van der Waals surface area (Å²) >= 11 is 5.90. The zero-order valence-corrected chi connectivity index (χ0v) is 17.7. The van der Waals surface area contributed by atoms with Gasteiger partial charge in [-0.2, -0.15) is 4.98 Å². The number of hydrogen-bond acceptors (Lipinski definition) is 6. The molecule has 1 heterocycles. The molecule has 0 aliphatic heterocycles. The highest BCUT2D eigenvalue weighted by molar-refractivity contribution is 6.30. The summed E-state index contributed by atoms with van der Waals surface area (Å²) in [5, 5.41) is 4.61. The van der Waals surface area contributed by atoms with Crippen molar-refractivity contribution < 1.29 is 18.8 Å². The Hall–Kier alpha value is -3.32. The average molecular weight is 428 g/mol. The number of carbonyl (C=O) groups is 1. The van der Waals surface area contributed by atoms with Gasteiger partial charge in [0.05, 0.1) is 14.2 Å². The minimum absolute atomic E-state index is 0.168. The number of hydrogen-bond donors (Lipinski definition) is 0. The predicted octanol–water partition coefficient (Wildman–Crippen LogP) is 4.47. The smallest absolute Gasteiger partial charge is 0.247 e. The van der Waals surface area contributed by atoms with E-state index in [4.69, 9.17) is 25.6 Å². The van der Waals surface area contributed by atoms with Crippen LogP contribution < -0.4 is 9.47 Å². The molecular formula is C22H22ClN3O4. The molecule has 3 aromatic rings. The van der Waals surface area contributed by atoms with Crippen molar-refractivity contribution in [2.45, 2.75) is 13.5 Å². The summed E-state index contributed by atoms with van der Waals surface area (Å²) in [5.74, 6) is 1.86. The largest absolute Gasteiger partial charge is 0.493 e. The van der Waals surface area contributed by atoms with Gasteiger partial charge in [-0.1, -0.05) is 22.8 Å². The van der Waals surface area contributed by atoms with Crippen molar-refractivity contribution in [2.75, 3.05) is 20.8 Å². The van der Waals surface area contributed by atoms with E-state index in [-0.39, 0.29) is 12.5 Å². The average Bonchev–Trinajstić information content (AvgIpc) is 3.24. The molecule has 0 N–H and O–H groups in total. The van der Waals surface area contributed by atoms with Crippen LogP contribution in [0.1, 0.15) is 18.4 Å². The van der Waals surface area contributed by atoms with Crippen molar-refractivity contribution in [2.24, 2.45) is 0 Å². The van der Waals surface area contributed by atoms with E-state index in [0.717, 1.165) is 11.1 Å². The van der Waals surface area contributed by atoms with Crippen LogP contribution in [0.15, 0.2) is 53.1 Å². The molecule has 0 spiro atoms. The Balaban J connectivity index is 1.68. The molecule has 7 nitrogen and oxygen atoms in total. The summed E-state index contributed by atoms with van der Waals surface area (Å²) in [5.41, 5.74) is 1.61. The highest BCUT2D eigenvalue weighted by atomic mass is 35.5. The van der Waals surface area contributed by atoms with Gasteiger partial charge in [-0.05, 0) is 55.0 Å². The third-order valence-electron chi connectivity index (χ3n) is 4.42. The molecule has 8 heteroatoms. The van der Waals surface area contributed by atoms with E-state index in [9.17, 15) is 4.79 Å². The summed E-state index contributed by atoms with van der Waals surface area (Å²) in [4.78, 5) is 18.6. The normalized spacial score (nSPS) is 10.9. The van der Waals surface area contributed by atoms with E-state index in [1.807, 2.05) is 25.1 Å². The Morgan fingerprint density at radius 2 is 1.87 bits per heavy atom. The van der Waals surface area contributed by atoms with Crippen LogP contribution in [-0.2, 0) is 11.3 Å². The first-order chi connectivity index (χ1) is 14.5. The van der Waals surface area contributed by atoms with Gasteiger partial charge in [0.15, 0.2) is 11.5 Å². The molecule has 0 unspecified atom stereocenters. The number of aromatic nitrogens is 2. The van der Waals surface area contributed by atoms with Crippen LogP contribution in [0.25, 0.3) is 17.5 Å².